The second-order valence-corrected chi connectivity index (χ2v) is 11.9. The third-order valence-corrected chi connectivity index (χ3v) is 9.31. The Morgan fingerprint density at radius 3 is 2.47 bits per heavy atom. The predicted molar refractivity (Wildman–Crippen MR) is 116 cm³/mol. The van der Waals surface area contributed by atoms with Gasteiger partial charge in [-0.05, 0) is 100 Å². The molecule has 166 valence electrons. The van der Waals surface area contributed by atoms with Crippen LogP contribution in [0.2, 0.25) is 0 Å². The minimum atomic E-state index is -0.579. The van der Waals surface area contributed by atoms with Gasteiger partial charge in [0.05, 0.1) is 5.41 Å². The number of carbonyl (C=O) groups excluding carboxylic acids is 3. The van der Waals surface area contributed by atoms with E-state index in [4.69, 9.17) is 4.74 Å². The van der Waals surface area contributed by atoms with E-state index in [0.717, 1.165) is 44.9 Å². The van der Waals surface area contributed by atoms with Crippen molar-refractivity contribution in [1.82, 2.24) is 0 Å². The summed E-state index contributed by atoms with van der Waals surface area (Å²) in [5.41, 5.74) is 1.00. The van der Waals surface area contributed by atoms with Crippen molar-refractivity contribution >= 4 is 17.5 Å². The Morgan fingerprint density at radius 2 is 1.77 bits per heavy atom. The van der Waals surface area contributed by atoms with Gasteiger partial charge in [0.25, 0.3) is 0 Å². The summed E-state index contributed by atoms with van der Waals surface area (Å²) in [5.74, 6) is 1.98. The number of hydrogen-bond donors (Lipinski definition) is 0. The summed E-state index contributed by atoms with van der Waals surface area (Å²) in [5, 5.41) is 0. The van der Waals surface area contributed by atoms with Crippen molar-refractivity contribution in [3.63, 3.8) is 0 Å². The van der Waals surface area contributed by atoms with Crippen LogP contribution in [-0.4, -0.2) is 24.1 Å². The van der Waals surface area contributed by atoms with Crippen molar-refractivity contribution in [2.75, 3.05) is 6.61 Å². The van der Waals surface area contributed by atoms with Crippen molar-refractivity contribution in [1.29, 1.82) is 0 Å². The number of ketones is 2. The molecule has 0 heterocycles. The van der Waals surface area contributed by atoms with E-state index in [1.54, 1.807) is 0 Å². The molecule has 4 rings (SSSR count). The zero-order chi connectivity index (χ0) is 21.9. The zero-order valence-electron chi connectivity index (χ0n) is 19.4. The lowest BCUT2D eigenvalue weighted by Crippen LogP contribution is -2.51. The van der Waals surface area contributed by atoms with E-state index < -0.39 is 5.41 Å². The van der Waals surface area contributed by atoms with Gasteiger partial charge in [-0.25, -0.2) is 0 Å². The first kappa shape index (κ1) is 21.8. The summed E-state index contributed by atoms with van der Waals surface area (Å²) in [6.07, 6.45) is 10.1. The summed E-state index contributed by atoms with van der Waals surface area (Å²) >= 11 is 0. The number of hydrogen-bond acceptors (Lipinski definition) is 4. The number of Topliss-reactive ketones (excluding diaryl/α,β-unsaturated/α-hetero) is 1. The minimum Gasteiger partial charge on any atom is -0.457 e. The largest absolute Gasteiger partial charge is 0.457 e. The molecule has 4 nitrogen and oxygen atoms in total. The number of fused-ring (bicyclic) bond motifs is 5. The SMILES string of the molecule is CC(C)(C)C(=O)OCC(=O)[C@@H]1CC[C@@H]2[C@H]3CCC4=CC(=O)CC[C@]4(C)[C@@H]3CC[C@@]21C. The normalized spacial score (nSPS) is 40.7. The first-order valence-electron chi connectivity index (χ1n) is 11.9. The molecular weight excluding hydrogens is 376 g/mol. The van der Waals surface area contributed by atoms with Gasteiger partial charge in [-0.2, -0.15) is 0 Å². The van der Waals surface area contributed by atoms with Gasteiger partial charge in [0.2, 0.25) is 0 Å². The Morgan fingerprint density at radius 1 is 1.03 bits per heavy atom. The molecule has 0 unspecified atom stereocenters. The molecule has 3 fully saturated rings. The highest BCUT2D eigenvalue weighted by Gasteiger charge is 2.60. The summed E-state index contributed by atoms with van der Waals surface area (Å²) in [6, 6.07) is 0. The summed E-state index contributed by atoms with van der Waals surface area (Å²) in [7, 11) is 0. The molecule has 0 N–H and O–H groups in total. The first-order valence-corrected chi connectivity index (χ1v) is 11.9. The highest BCUT2D eigenvalue weighted by atomic mass is 16.5. The first-order chi connectivity index (χ1) is 14.0. The molecule has 0 amide bonds. The number of allylic oxidation sites excluding steroid dienone is 1. The standard InChI is InChI=1S/C26H38O4/c1-24(2,3)23(29)30-15-22(28)21-9-8-19-18-7-6-16-14-17(27)10-12-25(16,4)20(18)11-13-26(19,21)5/h14,18-21H,6-13,15H2,1-5H3/t18-,19-,20-,21+,25+,26+/m1/s1. The topological polar surface area (TPSA) is 60.4 Å². The van der Waals surface area contributed by atoms with Crippen molar-refractivity contribution in [2.45, 2.75) is 86.0 Å². The number of rotatable bonds is 3. The molecule has 0 aromatic heterocycles. The highest BCUT2D eigenvalue weighted by molar-refractivity contribution is 5.91. The molecule has 0 radical (unpaired) electrons. The third-order valence-electron chi connectivity index (χ3n) is 9.31. The van der Waals surface area contributed by atoms with E-state index in [1.165, 1.54) is 5.57 Å². The van der Waals surface area contributed by atoms with Crippen LogP contribution in [0.5, 0.6) is 0 Å². The molecule has 0 spiro atoms. The van der Waals surface area contributed by atoms with Gasteiger partial charge in [0, 0.05) is 12.3 Å². The van der Waals surface area contributed by atoms with Crippen molar-refractivity contribution < 1.29 is 19.1 Å². The van der Waals surface area contributed by atoms with Gasteiger partial charge in [-0.1, -0.05) is 19.4 Å². The predicted octanol–water partition coefficient (Wildman–Crippen LogP) is 5.29. The van der Waals surface area contributed by atoms with Crippen LogP contribution in [0.25, 0.3) is 0 Å². The maximum absolute atomic E-state index is 13.1. The van der Waals surface area contributed by atoms with Crippen LogP contribution in [-0.2, 0) is 19.1 Å². The third kappa shape index (κ3) is 3.39. The van der Waals surface area contributed by atoms with Crippen LogP contribution < -0.4 is 0 Å². The smallest absolute Gasteiger partial charge is 0.311 e. The van der Waals surface area contributed by atoms with E-state index in [1.807, 2.05) is 26.8 Å². The van der Waals surface area contributed by atoms with Crippen molar-refractivity contribution in [3.8, 4) is 0 Å². The van der Waals surface area contributed by atoms with Crippen LogP contribution in [0, 0.1) is 39.9 Å². The van der Waals surface area contributed by atoms with E-state index >= 15 is 0 Å². The van der Waals surface area contributed by atoms with Gasteiger partial charge in [-0.15, -0.1) is 0 Å². The Balaban J connectivity index is 1.49. The fourth-order valence-corrected chi connectivity index (χ4v) is 7.54. The van der Waals surface area contributed by atoms with Gasteiger partial charge < -0.3 is 4.74 Å². The Kier molecular flexibility index (Phi) is 5.30. The molecule has 4 aliphatic rings. The Hall–Kier alpha value is -1.45. The van der Waals surface area contributed by atoms with Gasteiger partial charge in [0.15, 0.2) is 11.6 Å². The average Bonchev–Trinajstić information content (AvgIpc) is 3.03. The maximum atomic E-state index is 13.1. The van der Waals surface area contributed by atoms with Crippen LogP contribution in [0.3, 0.4) is 0 Å². The summed E-state index contributed by atoms with van der Waals surface area (Å²) in [6.45, 7) is 10.1. The molecule has 6 atom stereocenters. The molecule has 0 aromatic carbocycles. The summed E-state index contributed by atoms with van der Waals surface area (Å²) in [4.78, 5) is 37.2. The Labute approximate surface area is 181 Å². The fraction of sp³-hybridized carbons (Fsp3) is 0.808. The molecule has 0 bridgehead atoms. The molecule has 0 saturated heterocycles. The zero-order valence-corrected chi connectivity index (χ0v) is 19.4. The van der Waals surface area contributed by atoms with E-state index in [-0.39, 0.29) is 35.1 Å². The highest BCUT2D eigenvalue weighted by Crippen LogP contribution is 2.66. The molecule has 3 saturated carbocycles. The second kappa shape index (κ2) is 7.31. The van der Waals surface area contributed by atoms with Gasteiger partial charge in [-0.3, -0.25) is 14.4 Å². The van der Waals surface area contributed by atoms with Crippen molar-refractivity contribution in [3.05, 3.63) is 11.6 Å². The van der Waals surface area contributed by atoms with Gasteiger partial charge >= 0.3 is 5.97 Å². The number of ether oxygens (including phenoxy) is 1. The van der Waals surface area contributed by atoms with Crippen molar-refractivity contribution in [2.24, 2.45) is 39.9 Å². The molecule has 30 heavy (non-hydrogen) atoms. The molecular formula is C26H38O4. The van der Waals surface area contributed by atoms with E-state index in [9.17, 15) is 14.4 Å². The Bertz CT molecular complexity index is 787. The van der Waals surface area contributed by atoms with E-state index in [0.29, 0.717) is 30.0 Å². The quantitative estimate of drug-likeness (QED) is 0.589. The fourth-order valence-electron chi connectivity index (χ4n) is 7.54. The van der Waals surface area contributed by atoms with Crippen LogP contribution in [0.15, 0.2) is 11.6 Å². The number of esters is 1. The molecule has 0 aliphatic heterocycles. The number of carbonyl (C=O) groups is 3. The lowest BCUT2D eigenvalue weighted by Gasteiger charge is -2.58. The molecule has 0 aromatic rings. The minimum absolute atomic E-state index is 0.00824. The monoisotopic (exact) mass is 414 g/mol. The van der Waals surface area contributed by atoms with Crippen LogP contribution >= 0.6 is 0 Å². The second-order valence-electron chi connectivity index (χ2n) is 11.9. The van der Waals surface area contributed by atoms with E-state index in [2.05, 4.69) is 13.8 Å². The van der Waals surface area contributed by atoms with Gasteiger partial charge in [0.1, 0.15) is 6.61 Å². The summed E-state index contributed by atoms with van der Waals surface area (Å²) < 4.78 is 5.38. The molecule has 4 aliphatic carbocycles. The van der Waals surface area contributed by atoms with Crippen LogP contribution in [0.4, 0.5) is 0 Å². The lowest BCUT2D eigenvalue weighted by molar-refractivity contribution is -0.158. The maximum Gasteiger partial charge on any atom is 0.311 e. The lowest BCUT2D eigenvalue weighted by atomic mass is 9.46. The average molecular weight is 415 g/mol. The molecule has 4 heteroatoms. The van der Waals surface area contributed by atoms with Crippen LogP contribution in [0.1, 0.15) is 86.0 Å².